The van der Waals surface area contributed by atoms with Crippen LogP contribution in [0.3, 0.4) is 0 Å². The molecule has 1 amide bonds. The van der Waals surface area contributed by atoms with Gasteiger partial charge in [-0.15, -0.1) is 0 Å². The van der Waals surface area contributed by atoms with Crippen LogP contribution in [0.1, 0.15) is 24.2 Å². The number of hydrogen-bond acceptors (Lipinski definition) is 5. The second kappa shape index (κ2) is 8.32. The SMILES string of the molecule is Cc1nn(C)c(C)c1S(=O)(=O)NCC1CCN(C(=O)Oc2ccccc2)CC1. The van der Waals surface area contributed by atoms with Crippen molar-refractivity contribution in [3.8, 4) is 5.75 Å². The Bertz CT molecular complexity index is 932. The molecule has 28 heavy (non-hydrogen) atoms. The zero-order valence-corrected chi connectivity index (χ0v) is 17.2. The Hall–Kier alpha value is -2.39. The molecule has 1 fully saturated rings. The number of hydrogen-bond donors (Lipinski definition) is 1. The minimum Gasteiger partial charge on any atom is -0.410 e. The number of likely N-dealkylation sites (tertiary alicyclic amines) is 1. The number of carbonyl (C=O) groups excluding carboxylic acids is 1. The first kappa shape index (κ1) is 20.3. The van der Waals surface area contributed by atoms with Gasteiger partial charge in [-0.1, -0.05) is 18.2 Å². The van der Waals surface area contributed by atoms with Gasteiger partial charge in [0.25, 0.3) is 0 Å². The molecular formula is C19H26N4O4S. The van der Waals surface area contributed by atoms with E-state index in [4.69, 9.17) is 4.74 Å². The summed E-state index contributed by atoms with van der Waals surface area (Å²) in [4.78, 5) is 14.1. The molecule has 152 valence electrons. The van der Waals surface area contributed by atoms with Gasteiger partial charge in [-0.05, 0) is 44.7 Å². The van der Waals surface area contributed by atoms with Crippen molar-refractivity contribution in [1.82, 2.24) is 19.4 Å². The zero-order chi connectivity index (χ0) is 20.3. The van der Waals surface area contributed by atoms with Gasteiger partial charge in [0.15, 0.2) is 0 Å². The minimum absolute atomic E-state index is 0.174. The maximum atomic E-state index is 12.7. The Morgan fingerprint density at radius 3 is 2.43 bits per heavy atom. The second-order valence-corrected chi connectivity index (χ2v) is 8.79. The topological polar surface area (TPSA) is 93.5 Å². The van der Waals surface area contributed by atoms with Crippen LogP contribution in [-0.2, 0) is 17.1 Å². The minimum atomic E-state index is -3.61. The number of carbonyl (C=O) groups is 1. The maximum Gasteiger partial charge on any atom is 0.415 e. The number of sulfonamides is 1. The third-order valence-corrected chi connectivity index (χ3v) is 6.77. The van der Waals surface area contributed by atoms with E-state index in [0.717, 1.165) is 12.8 Å². The maximum absolute atomic E-state index is 12.7. The van der Waals surface area contributed by atoms with Gasteiger partial charge in [0.1, 0.15) is 10.6 Å². The fourth-order valence-electron chi connectivity index (χ4n) is 3.42. The number of para-hydroxylation sites is 1. The van der Waals surface area contributed by atoms with E-state index in [1.807, 2.05) is 18.2 Å². The predicted octanol–water partition coefficient (Wildman–Crippen LogP) is 2.23. The van der Waals surface area contributed by atoms with Crippen LogP contribution in [0, 0.1) is 19.8 Å². The van der Waals surface area contributed by atoms with Crippen LogP contribution in [0.15, 0.2) is 35.2 Å². The van der Waals surface area contributed by atoms with Crippen molar-refractivity contribution in [3.05, 3.63) is 41.7 Å². The van der Waals surface area contributed by atoms with Gasteiger partial charge in [0.05, 0.1) is 11.4 Å². The van der Waals surface area contributed by atoms with Crippen LogP contribution in [0.5, 0.6) is 5.75 Å². The summed E-state index contributed by atoms with van der Waals surface area (Å²) in [6.45, 7) is 4.87. The average Bonchev–Trinajstić information content (AvgIpc) is 2.93. The number of aryl methyl sites for hydroxylation is 2. The summed E-state index contributed by atoms with van der Waals surface area (Å²) in [7, 11) is -1.88. The summed E-state index contributed by atoms with van der Waals surface area (Å²) in [5, 5.41) is 4.17. The molecule has 0 bridgehead atoms. The molecule has 1 aromatic carbocycles. The van der Waals surface area contributed by atoms with E-state index in [1.165, 1.54) is 0 Å². The smallest absolute Gasteiger partial charge is 0.410 e. The molecule has 0 aliphatic carbocycles. The van der Waals surface area contributed by atoms with Crippen LogP contribution in [0.25, 0.3) is 0 Å². The van der Waals surface area contributed by atoms with E-state index in [9.17, 15) is 13.2 Å². The van der Waals surface area contributed by atoms with Gasteiger partial charge in [-0.3, -0.25) is 4.68 Å². The highest BCUT2D eigenvalue weighted by molar-refractivity contribution is 7.89. The Kier molecular flexibility index (Phi) is 6.04. The molecule has 1 saturated heterocycles. The second-order valence-electron chi connectivity index (χ2n) is 7.09. The monoisotopic (exact) mass is 406 g/mol. The third-order valence-electron chi connectivity index (χ3n) is 5.09. The number of amides is 1. The Morgan fingerprint density at radius 1 is 1.21 bits per heavy atom. The first-order valence-electron chi connectivity index (χ1n) is 9.29. The van der Waals surface area contributed by atoms with E-state index in [2.05, 4.69) is 9.82 Å². The lowest BCUT2D eigenvalue weighted by atomic mass is 9.97. The Balaban J connectivity index is 1.51. The van der Waals surface area contributed by atoms with Gasteiger partial charge < -0.3 is 9.64 Å². The lowest BCUT2D eigenvalue weighted by Gasteiger charge is -2.31. The highest BCUT2D eigenvalue weighted by Crippen LogP contribution is 2.21. The molecule has 0 atom stereocenters. The van der Waals surface area contributed by atoms with E-state index in [1.54, 1.807) is 42.6 Å². The highest BCUT2D eigenvalue weighted by atomic mass is 32.2. The molecule has 0 radical (unpaired) electrons. The average molecular weight is 407 g/mol. The van der Waals surface area contributed by atoms with Crippen molar-refractivity contribution >= 4 is 16.1 Å². The van der Waals surface area contributed by atoms with Gasteiger partial charge in [0, 0.05) is 26.7 Å². The molecule has 2 aromatic rings. The number of nitrogens with zero attached hydrogens (tertiary/aromatic N) is 3. The third kappa shape index (κ3) is 4.53. The molecule has 0 saturated carbocycles. The van der Waals surface area contributed by atoms with E-state index >= 15 is 0 Å². The van der Waals surface area contributed by atoms with Crippen LogP contribution in [0.4, 0.5) is 4.79 Å². The normalized spacial score (nSPS) is 15.6. The number of rotatable bonds is 5. The van der Waals surface area contributed by atoms with Gasteiger partial charge in [-0.2, -0.15) is 5.10 Å². The van der Waals surface area contributed by atoms with Crippen LogP contribution >= 0.6 is 0 Å². The molecule has 2 heterocycles. The molecular weight excluding hydrogens is 380 g/mol. The Morgan fingerprint density at radius 2 is 1.86 bits per heavy atom. The molecule has 3 rings (SSSR count). The summed E-state index contributed by atoms with van der Waals surface area (Å²) in [6, 6.07) is 8.96. The van der Waals surface area contributed by atoms with E-state index in [-0.39, 0.29) is 16.9 Å². The van der Waals surface area contributed by atoms with Crippen molar-refractivity contribution in [2.75, 3.05) is 19.6 Å². The van der Waals surface area contributed by atoms with Crippen molar-refractivity contribution in [3.63, 3.8) is 0 Å². The van der Waals surface area contributed by atoms with Crippen LogP contribution < -0.4 is 9.46 Å². The summed E-state index contributed by atoms with van der Waals surface area (Å²) >= 11 is 0. The molecule has 0 unspecified atom stereocenters. The number of piperidine rings is 1. The van der Waals surface area contributed by atoms with Gasteiger partial charge >= 0.3 is 6.09 Å². The largest absolute Gasteiger partial charge is 0.415 e. The zero-order valence-electron chi connectivity index (χ0n) is 16.4. The molecule has 1 aliphatic rings. The fraction of sp³-hybridized carbons (Fsp3) is 0.474. The molecule has 0 spiro atoms. The van der Waals surface area contributed by atoms with Gasteiger partial charge in [-0.25, -0.2) is 17.9 Å². The Labute approximate surface area is 165 Å². The first-order valence-corrected chi connectivity index (χ1v) is 10.8. The van der Waals surface area contributed by atoms with Crippen molar-refractivity contribution in [2.24, 2.45) is 13.0 Å². The van der Waals surface area contributed by atoms with Crippen molar-refractivity contribution in [2.45, 2.75) is 31.6 Å². The van der Waals surface area contributed by atoms with Crippen LogP contribution in [0.2, 0.25) is 0 Å². The predicted molar refractivity (Wildman–Crippen MR) is 105 cm³/mol. The van der Waals surface area contributed by atoms with E-state index < -0.39 is 10.0 Å². The van der Waals surface area contributed by atoms with Crippen LogP contribution in [-0.4, -0.2) is 48.8 Å². The van der Waals surface area contributed by atoms with Crippen molar-refractivity contribution in [1.29, 1.82) is 0 Å². The van der Waals surface area contributed by atoms with E-state index in [0.29, 0.717) is 36.8 Å². The molecule has 9 heteroatoms. The van der Waals surface area contributed by atoms with Gasteiger partial charge in [0.2, 0.25) is 10.0 Å². The summed E-state index contributed by atoms with van der Waals surface area (Å²) in [5.74, 6) is 0.692. The standard InChI is InChI=1S/C19H26N4O4S/c1-14-18(15(2)22(3)21-14)28(25,26)20-13-16-9-11-23(12-10-16)19(24)27-17-7-5-4-6-8-17/h4-8,16,20H,9-13H2,1-3H3. The molecule has 1 N–H and O–H groups in total. The lowest BCUT2D eigenvalue weighted by molar-refractivity contribution is 0.131. The van der Waals surface area contributed by atoms with Crippen molar-refractivity contribution < 1.29 is 17.9 Å². The number of nitrogens with one attached hydrogen (secondary N) is 1. The number of ether oxygens (including phenoxy) is 1. The summed E-state index contributed by atoms with van der Waals surface area (Å²) < 4.78 is 34.9. The summed E-state index contributed by atoms with van der Waals surface area (Å²) in [5.41, 5.74) is 1.11. The molecule has 1 aliphatic heterocycles. The first-order chi connectivity index (χ1) is 13.3. The lowest BCUT2D eigenvalue weighted by Crippen LogP contribution is -2.42. The quantitative estimate of drug-likeness (QED) is 0.822. The number of benzene rings is 1. The summed E-state index contributed by atoms with van der Waals surface area (Å²) in [6.07, 6.45) is 1.07. The molecule has 1 aromatic heterocycles. The fourth-order valence-corrected chi connectivity index (χ4v) is 4.97. The molecule has 8 nitrogen and oxygen atoms in total. The number of aromatic nitrogens is 2. The highest BCUT2D eigenvalue weighted by Gasteiger charge is 2.27.